The summed E-state index contributed by atoms with van der Waals surface area (Å²) in [7, 11) is 0. The quantitative estimate of drug-likeness (QED) is 0.903. The molecule has 1 fully saturated rings. The second-order valence-electron chi connectivity index (χ2n) is 6.68. The second kappa shape index (κ2) is 7.47. The normalized spacial score (nSPS) is 21.2. The molecule has 22 heavy (non-hydrogen) atoms. The van der Waals surface area contributed by atoms with Crippen LogP contribution in [0.5, 0.6) is 0 Å². The number of amides is 1. The minimum atomic E-state index is 0. The molecule has 4 heteroatoms. The number of carbonyl (C=O) groups is 1. The van der Waals surface area contributed by atoms with Gasteiger partial charge in [0.15, 0.2) is 0 Å². The van der Waals surface area contributed by atoms with Crippen LogP contribution in [0.25, 0.3) is 0 Å². The number of carbonyl (C=O) groups excluding carboxylic acids is 1. The number of piperidine rings is 1. The largest absolute Gasteiger partial charge is 0.316 e. The van der Waals surface area contributed by atoms with E-state index in [0.29, 0.717) is 11.8 Å². The first-order chi connectivity index (χ1) is 10.2. The van der Waals surface area contributed by atoms with Crippen LogP contribution in [0.2, 0.25) is 0 Å². The van der Waals surface area contributed by atoms with Crippen LogP contribution in [0.4, 0.5) is 5.69 Å². The number of nitrogens with one attached hydrogen (secondary N) is 1. The van der Waals surface area contributed by atoms with E-state index in [9.17, 15) is 4.79 Å². The highest BCUT2D eigenvalue weighted by Crippen LogP contribution is 2.31. The Bertz CT molecular complexity index is 524. The number of anilines is 1. The van der Waals surface area contributed by atoms with Crippen LogP contribution < -0.4 is 10.2 Å². The molecule has 2 aliphatic rings. The van der Waals surface area contributed by atoms with Crippen molar-refractivity contribution in [3.63, 3.8) is 0 Å². The molecule has 122 valence electrons. The summed E-state index contributed by atoms with van der Waals surface area (Å²) < 4.78 is 0. The van der Waals surface area contributed by atoms with Gasteiger partial charge in [0.2, 0.25) is 5.91 Å². The summed E-state index contributed by atoms with van der Waals surface area (Å²) in [6.45, 7) is 7.22. The number of benzene rings is 1. The molecule has 1 saturated heterocycles. The topological polar surface area (TPSA) is 32.3 Å². The third-order valence-corrected chi connectivity index (χ3v) is 4.80. The van der Waals surface area contributed by atoms with Gasteiger partial charge in [0, 0.05) is 18.8 Å². The molecule has 0 bridgehead atoms. The minimum Gasteiger partial charge on any atom is -0.316 e. The fraction of sp³-hybridized carbons (Fsp3) is 0.611. The van der Waals surface area contributed by atoms with Crippen molar-refractivity contribution in [1.82, 2.24) is 5.32 Å². The standard InChI is InChI=1S/C18H26N2O.ClH/c1-13(2)14-7-8-17-15(11-14)6-4-10-20(17)18(21)16-5-3-9-19-12-16;/h7-8,11,13,16,19H,3-6,9-10,12H2,1-2H3;1H. The van der Waals surface area contributed by atoms with E-state index < -0.39 is 0 Å². The van der Waals surface area contributed by atoms with E-state index in [1.807, 2.05) is 4.90 Å². The lowest BCUT2D eigenvalue weighted by molar-refractivity contribution is -0.122. The van der Waals surface area contributed by atoms with Crippen LogP contribution in [0.15, 0.2) is 18.2 Å². The van der Waals surface area contributed by atoms with Crippen LogP contribution in [-0.4, -0.2) is 25.5 Å². The van der Waals surface area contributed by atoms with Gasteiger partial charge in [-0.15, -0.1) is 12.4 Å². The van der Waals surface area contributed by atoms with Crippen molar-refractivity contribution in [2.45, 2.75) is 45.4 Å². The van der Waals surface area contributed by atoms with E-state index in [1.165, 1.54) is 11.1 Å². The predicted molar refractivity (Wildman–Crippen MR) is 94.0 cm³/mol. The smallest absolute Gasteiger partial charge is 0.231 e. The molecule has 0 saturated carbocycles. The van der Waals surface area contributed by atoms with Crippen molar-refractivity contribution in [3.8, 4) is 0 Å². The number of nitrogens with zero attached hydrogens (tertiary/aromatic N) is 1. The van der Waals surface area contributed by atoms with Crippen molar-refractivity contribution in [2.75, 3.05) is 24.5 Å². The van der Waals surface area contributed by atoms with Gasteiger partial charge in [0.05, 0.1) is 5.92 Å². The van der Waals surface area contributed by atoms with Crippen LogP contribution in [0.1, 0.15) is 50.2 Å². The zero-order chi connectivity index (χ0) is 14.8. The van der Waals surface area contributed by atoms with E-state index in [4.69, 9.17) is 0 Å². The van der Waals surface area contributed by atoms with Gasteiger partial charge in [-0.1, -0.05) is 26.0 Å². The molecule has 1 amide bonds. The second-order valence-corrected chi connectivity index (χ2v) is 6.68. The Kier molecular flexibility index (Phi) is 5.87. The van der Waals surface area contributed by atoms with Crippen molar-refractivity contribution < 1.29 is 4.79 Å². The first kappa shape index (κ1) is 17.3. The first-order valence-corrected chi connectivity index (χ1v) is 8.31. The molecule has 1 unspecified atom stereocenters. The van der Waals surface area contributed by atoms with Gasteiger partial charge in [0.25, 0.3) is 0 Å². The Morgan fingerprint density at radius 1 is 1.32 bits per heavy atom. The number of hydrogen-bond acceptors (Lipinski definition) is 2. The van der Waals surface area contributed by atoms with Gasteiger partial charge >= 0.3 is 0 Å². The molecule has 2 heterocycles. The van der Waals surface area contributed by atoms with Crippen LogP contribution in [-0.2, 0) is 11.2 Å². The monoisotopic (exact) mass is 322 g/mol. The van der Waals surface area contributed by atoms with E-state index in [1.54, 1.807) is 0 Å². The number of fused-ring (bicyclic) bond motifs is 1. The lowest BCUT2D eigenvalue weighted by Gasteiger charge is -2.34. The molecule has 0 spiro atoms. The number of rotatable bonds is 2. The molecule has 1 aromatic rings. The van der Waals surface area contributed by atoms with Crippen molar-refractivity contribution >= 4 is 24.0 Å². The Morgan fingerprint density at radius 3 is 2.82 bits per heavy atom. The number of hydrogen-bond donors (Lipinski definition) is 1. The molecule has 1 atom stereocenters. The van der Waals surface area contributed by atoms with Crippen molar-refractivity contribution in [3.05, 3.63) is 29.3 Å². The first-order valence-electron chi connectivity index (χ1n) is 8.31. The van der Waals surface area contributed by atoms with E-state index in [0.717, 1.165) is 51.0 Å². The number of halogens is 1. The zero-order valence-electron chi connectivity index (χ0n) is 13.6. The SMILES string of the molecule is CC(C)c1ccc2c(c1)CCCN2C(=O)C1CCCNC1.Cl. The molecule has 1 N–H and O–H groups in total. The van der Waals surface area contributed by atoms with Gasteiger partial charge in [-0.3, -0.25) is 4.79 Å². The maximum Gasteiger partial charge on any atom is 0.231 e. The highest BCUT2D eigenvalue weighted by atomic mass is 35.5. The van der Waals surface area contributed by atoms with Gasteiger partial charge < -0.3 is 10.2 Å². The summed E-state index contributed by atoms with van der Waals surface area (Å²) in [5.41, 5.74) is 3.88. The van der Waals surface area contributed by atoms with Gasteiger partial charge in [-0.05, 0) is 55.3 Å². The van der Waals surface area contributed by atoms with Gasteiger partial charge in [-0.2, -0.15) is 0 Å². The summed E-state index contributed by atoms with van der Waals surface area (Å²) in [4.78, 5) is 14.9. The summed E-state index contributed by atoms with van der Waals surface area (Å²) in [6, 6.07) is 6.66. The fourth-order valence-corrected chi connectivity index (χ4v) is 3.49. The molecule has 3 rings (SSSR count). The average Bonchev–Trinajstić information content (AvgIpc) is 2.54. The van der Waals surface area contributed by atoms with Crippen molar-refractivity contribution in [1.29, 1.82) is 0 Å². The molecule has 1 aromatic carbocycles. The summed E-state index contributed by atoms with van der Waals surface area (Å²) >= 11 is 0. The Morgan fingerprint density at radius 2 is 2.14 bits per heavy atom. The van der Waals surface area contributed by atoms with E-state index >= 15 is 0 Å². The lowest BCUT2D eigenvalue weighted by atomic mass is 9.92. The summed E-state index contributed by atoms with van der Waals surface area (Å²) in [6.07, 6.45) is 4.33. The van der Waals surface area contributed by atoms with Gasteiger partial charge in [-0.25, -0.2) is 0 Å². The van der Waals surface area contributed by atoms with Crippen LogP contribution in [0.3, 0.4) is 0 Å². The molecule has 3 nitrogen and oxygen atoms in total. The third kappa shape index (κ3) is 3.47. The Labute approximate surface area is 139 Å². The Balaban J connectivity index is 0.00000176. The van der Waals surface area contributed by atoms with Crippen LogP contribution in [0, 0.1) is 5.92 Å². The maximum atomic E-state index is 12.8. The minimum absolute atomic E-state index is 0. The van der Waals surface area contributed by atoms with Crippen molar-refractivity contribution in [2.24, 2.45) is 5.92 Å². The molecular formula is C18H27ClN2O. The zero-order valence-corrected chi connectivity index (χ0v) is 14.4. The molecule has 0 aromatic heterocycles. The predicted octanol–water partition coefficient (Wildman–Crippen LogP) is 3.51. The number of aryl methyl sites for hydroxylation is 1. The fourth-order valence-electron chi connectivity index (χ4n) is 3.49. The third-order valence-electron chi connectivity index (χ3n) is 4.80. The highest BCUT2D eigenvalue weighted by Gasteiger charge is 2.29. The van der Waals surface area contributed by atoms with Crippen LogP contribution >= 0.6 is 12.4 Å². The molecule has 2 aliphatic heterocycles. The summed E-state index contributed by atoms with van der Waals surface area (Å²) in [5.74, 6) is 1.03. The molecule has 0 aliphatic carbocycles. The van der Waals surface area contributed by atoms with E-state index in [2.05, 4.69) is 37.4 Å². The lowest BCUT2D eigenvalue weighted by Crippen LogP contribution is -2.45. The Hall–Kier alpha value is -1.06. The maximum absolute atomic E-state index is 12.8. The summed E-state index contributed by atoms with van der Waals surface area (Å²) in [5, 5.41) is 3.36. The average molecular weight is 323 g/mol. The molecule has 0 radical (unpaired) electrons. The highest BCUT2D eigenvalue weighted by molar-refractivity contribution is 5.96. The molecular weight excluding hydrogens is 296 g/mol. The van der Waals surface area contributed by atoms with E-state index in [-0.39, 0.29) is 18.3 Å². The van der Waals surface area contributed by atoms with Gasteiger partial charge in [0.1, 0.15) is 0 Å².